The van der Waals surface area contributed by atoms with Crippen LogP contribution in [0.4, 0.5) is 11.6 Å². The van der Waals surface area contributed by atoms with E-state index in [1.54, 1.807) is 0 Å². The maximum Gasteiger partial charge on any atom is 0.242 e. The molecule has 0 aromatic carbocycles. The van der Waals surface area contributed by atoms with E-state index in [4.69, 9.17) is 0 Å². The van der Waals surface area contributed by atoms with Crippen LogP contribution in [0, 0.1) is 0 Å². The highest BCUT2D eigenvalue weighted by Crippen LogP contribution is 2.39. The van der Waals surface area contributed by atoms with E-state index in [-0.39, 0.29) is 5.91 Å². The molecule has 1 heterocycles. The van der Waals surface area contributed by atoms with Crippen LogP contribution in [0.3, 0.4) is 0 Å². The van der Waals surface area contributed by atoms with Crippen molar-refractivity contribution in [1.82, 2.24) is 14.9 Å². The molecule has 1 aromatic heterocycles. The van der Waals surface area contributed by atoms with E-state index < -0.39 is 0 Å². The Balaban J connectivity index is 2.12. The molecule has 0 atom stereocenters. The van der Waals surface area contributed by atoms with Crippen molar-refractivity contribution < 1.29 is 4.79 Å². The van der Waals surface area contributed by atoms with Crippen LogP contribution >= 0.6 is 0 Å². The minimum atomic E-state index is 0.125. The lowest BCUT2D eigenvalue weighted by atomic mass is 10.3. The van der Waals surface area contributed by atoms with E-state index in [1.807, 2.05) is 43.8 Å². The number of amides is 1. The number of nitrogens with zero attached hydrogens (tertiary/aromatic N) is 4. The fourth-order valence-corrected chi connectivity index (χ4v) is 2.26. The summed E-state index contributed by atoms with van der Waals surface area (Å²) in [6.45, 7) is 5.81. The first-order valence-corrected chi connectivity index (χ1v) is 7.64. The second kappa shape index (κ2) is 6.74. The quantitative estimate of drug-likeness (QED) is 0.828. The molecule has 0 saturated heterocycles. The summed E-state index contributed by atoms with van der Waals surface area (Å²) in [5.41, 5.74) is 0. The first-order chi connectivity index (χ1) is 10.1. The molecule has 1 aliphatic rings. The van der Waals surface area contributed by atoms with Gasteiger partial charge in [0.15, 0.2) is 0 Å². The molecular formula is C15H25N5O. The largest absolute Gasteiger partial charge is 0.373 e. The molecule has 1 amide bonds. The third-order valence-corrected chi connectivity index (χ3v) is 3.81. The average Bonchev–Trinajstić information content (AvgIpc) is 3.32. The van der Waals surface area contributed by atoms with Crippen molar-refractivity contribution in [3.05, 3.63) is 11.9 Å². The van der Waals surface area contributed by atoms with Crippen LogP contribution in [-0.4, -0.2) is 54.5 Å². The zero-order chi connectivity index (χ0) is 15.4. The number of nitrogens with one attached hydrogen (secondary N) is 1. The molecule has 6 nitrogen and oxygen atoms in total. The molecule has 0 bridgehead atoms. The Morgan fingerprint density at radius 1 is 1.33 bits per heavy atom. The molecule has 0 radical (unpaired) electrons. The summed E-state index contributed by atoms with van der Waals surface area (Å²) in [5.74, 6) is 3.11. The fourth-order valence-electron chi connectivity index (χ4n) is 2.26. The van der Waals surface area contributed by atoms with Crippen LogP contribution in [-0.2, 0) is 4.79 Å². The number of likely N-dealkylation sites (N-methyl/N-ethyl adjacent to an activating group) is 2. The van der Waals surface area contributed by atoms with E-state index in [2.05, 4.69) is 15.3 Å². The average molecular weight is 291 g/mol. The summed E-state index contributed by atoms with van der Waals surface area (Å²) >= 11 is 0. The van der Waals surface area contributed by atoms with Crippen LogP contribution in [0.15, 0.2) is 6.07 Å². The molecule has 0 unspecified atom stereocenters. The SMILES string of the molecule is CCN(CC)C(=O)CN(C)c1cc(NC)nc(C2CC2)n1. The van der Waals surface area contributed by atoms with E-state index in [1.165, 1.54) is 0 Å². The highest BCUT2D eigenvalue weighted by molar-refractivity contribution is 5.81. The monoisotopic (exact) mass is 291 g/mol. The van der Waals surface area contributed by atoms with Gasteiger partial charge >= 0.3 is 0 Å². The van der Waals surface area contributed by atoms with Gasteiger partial charge in [-0.2, -0.15) is 0 Å². The second-order valence-electron chi connectivity index (χ2n) is 5.42. The Morgan fingerprint density at radius 2 is 2.00 bits per heavy atom. The molecule has 2 rings (SSSR count). The molecule has 1 aromatic rings. The van der Waals surface area contributed by atoms with Gasteiger partial charge < -0.3 is 15.1 Å². The maximum atomic E-state index is 12.2. The van der Waals surface area contributed by atoms with Crippen molar-refractivity contribution in [2.24, 2.45) is 0 Å². The summed E-state index contributed by atoms with van der Waals surface area (Å²) in [4.78, 5) is 25.0. The summed E-state index contributed by atoms with van der Waals surface area (Å²) < 4.78 is 0. The topological polar surface area (TPSA) is 61.4 Å². The van der Waals surface area contributed by atoms with Crippen LogP contribution in [0.5, 0.6) is 0 Å². The number of rotatable bonds is 7. The highest BCUT2D eigenvalue weighted by atomic mass is 16.2. The van der Waals surface area contributed by atoms with E-state index >= 15 is 0 Å². The standard InChI is InChI=1S/C15H25N5O/c1-5-20(6-2)14(21)10-19(4)13-9-12(16-3)17-15(18-13)11-7-8-11/h9,11H,5-8,10H2,1-4H3,(H,16,17,18). The summed E-state index contributed by atoms with van der Waals surface area (Å²) in [6.07, 6.45) is 2.32. The van der Waals surface area contributed by atoms with Crippen LogP contribution in [0.25, 0.3) is 0 Å². The van der Waals surface area contributed by atoms with Gasteiger partial charge in [-0.25, -0.2) is 9.97 Å². The lowest BCUT2D eigenvalue weighted by molar-refractivity contribution is -0.129. The lowest BCUT2D eigenvalue weighted by Gasteiger charge is -2.24. The van der Waals surface area contributed by atoms with Gasteiger partial charge in [-0.05, 0) is 26.7 Å². The molecule has 1 N–H and O–H groups in total. The maximum absolute atomic E-state index is 12.2. The highest BCUT2D eigenvalue weighted by Gasteiger charge is 2.28. The summed E-state index contributed by atoms with van der Waals surface area (Å²) in [5, 5.41) is 3.07. The molecular weight excluding hydrogens is 266 g/mol. The Morgan fingerprint density at radius 3 is 2.52 bits per heavy atom. The van der Waals surface area contributed by atoms with Crippen molar-refractivity contribution in [3.63, 3.8) is 0 Å². The number of aromatic nitrogens is 2. The lowest BCUT2D eigenvalue weighted by Crippen LogP contribution is -2.39. The number of carbonyl (C=O) groups is 1. The van der Waals surface area contributed by atoms with Gasteiger partial charge in [0, 0.05) is 39.2 Å². The van der Waals surface area contributed by atoms with Crippen molar-refractivity contribution in [2.45, 2.75) is 32.6 Å². The molecule has 1 fully saturated rings. The van der Waals surface area contributed by atoms with Gasteiger partial charge in [-0.1, -0.05) is 0 Å². The Bertz CT molecular complexity index is 497. The Labute approximate surface area is 126 Å². The smallest absolute Gasteiger partial charge is 0.242 e. The van der Waals surface area contributed by atoms with Gasteiger partial charge in [0.25, 0.3) is 0 Å². The first-order valence-electron chi connectivity index (χ1n) is 7.64. The molecule has 0 spiro atoms. The number of carbonyl (C=O) groups excluding carboxylic acids is 1. The minimum absolute atomic E-state index is 0.125. The zero-order valence-corrected chi connectivity index (χ0v) is 13.4. The fraction of sp³-hybridized carbons (Fsp3) is 0.667. The van der Waals surface area contributed by atoms with Gasteiger partial charge in [0.1, 0.15) is 17.5 Å². The first kappa shape index (κ1) is 15.5. The van der Waals surface area contributed by atoms with Crippen molar-refractivity contribution in [2.75, 3.05) is 43.9 Å². The number of hydrogen-bond acceptors (Lipinski definition) is 5. The molecule has 0 aliphatic heterocycles. The molecule has 116 valence electrons. The summed E-state index contributed by atoms with van der Waals surface area (Å²) in [7, 11) is 3.75. The molecule has 1 saturated carbocycles. The predicted molar refractivity (Wildman–Crippen MR) is 84.8 cm³/mol. The third kappa shape index (κ3) is 3.83. The Hall–Kier alpha value is -1.85. The van der Waals surface area contributed by atoms with Gasteiger partial charge in [0.2, 0.25) is 5.91 Å². The van der Waals surface area contributed by atoms with Gasteiger partial charge in [-0.3, -0.25) is 4.79 Å². The van der Waals surface area contributed by atoms with Crippen LogP contribution in [0.1, 0.15) is 38.4 Å². The second-order valence-corrected chi connectivity index (χ2v) is 5.42. The molecule has 1 aliphatic carbocycles. The third-order valence-electron chi connectivity index (χ3n) is 3.81. The zero-order valence-electron chi connectivity index (χ0n) is 13.4. The Kier molecular flexibility index (Phi) is 4.98. The molecule has 21 heavy (non-hydrogen) atoms. The van der Waals surface area contributed by atoms with Crippen LogP contribution < -0.4 is 10.2 Å². The predicted octanol–water partition coefficient (Wildman–Crippen LogP) is 1.70. The summed E-state index contributed by atoms with van der Waals surface area (Å²) in [6, 6.07) is 1.89. The van der Waals surface area contributed by atoms with Crippen molar-refractivity contribution in [3.8, 4) is 0 Å². The minimum Gasteiger partial charge on any atom is -0.373 e. The van der Waals surface area contributed by atoms with E-state index in [0.717, 1.165) is 43.4 Å². The van der Waals surface area contributed by atoms with E-state index in [0.29, 0.717) is 12.5 Å². The number of hydrogen-bond donors (Lipinski definition) is 1. The molecule has 6 heteroatoms. The van der Waals surface area contributed by atoms with Crippen LogP contribution in [0.2, 0.25) is 0 Å². The van der Waals surface area contributed by atoms with E-state index in [9.17, 15) is 4.79 Å². The number of anilines is 2. The normalized spacial score (nSPS) is 13.9. The van der Waals surface area contributed by atoms with Gasteiger partial charge in [0.05, 0.1) is 6.54 Å². The van der Waals surface area contributed by atoms with Crippen molar-refractivity contribution in [1.29, 1.82) is 0 Å². The van der Waals surface area contributed by atoms with Crippen molar-refractivity contribution >= 4 is 17.5 Å². The van der Waals surface area contributed by atoms with Gasteiger partial charge in [-0.15, -0.1) is 0 Å².